The van der Waals surface area contributed by atoms with E-state index in [-0.39, 0.29) is 11.5 Å². The predicted molar refractivity (Wildman–Crippen MR) is 31.3 cm³/mol. The quantitative estimate of drug-likeness (QED) is 0.552. The Morgan fingerprint density at radius 1 is 1.22 bits per heavy atom. The summed E-state index contributed by atoms with van der Waals surface area (Å²) in [5.41, 5.74) is 0. The zero-order valence-electron chi connectivity index (χ0n) is 4.91. The molecule has 0 aromatic carbocycles. The van der Waals surface area contributed by atoms with Gasteiger partial charge in [0.05, 0.1) is 24.7 Å². The van der Waals surface area contributed by atoms with Crippen LogP contribution >= 0.6 is 0 Å². The number of aliphatic hydroxyl groups is 1. The van der Waals surface area contributed by atoms with Crippen LogP contribution in [0.4, 0.5) is 0 Å². The topological polar surface area (TPSA) is 74.3 Å². The van der Waals surface area contributed by atoms with Crippen LogP contribution in [-0.2, 0) is 14.9 Å². The lowest BCUT2D eigenvalue weighted by Gasteiger charge is -1.95. The molecule has 0 bridgehead atoms. The molecule has 0 aliphatic carbocycles. The van der Waals surface area contributed by atoms with E-state index in [0.717, 1.165) is 0 Å². The van der Waals surface area contributed by atoms with E-state index in [1.54, 1.807) is 0 Å². The third-order valence-electron chi connectivity index (χ3n) is 0.797. The van der Waals surface area contributed by atoms with Crippen molar-refractivity contribution in [3.8, 4) is 0 Å². The van der Waals surface area contributed by atoms with Crippen LogP contribution in [0.5, 0.6) is 0 Å². The lowest BCUT2D eigenvalue weighted by atomic mass is 10.9. The van der Waals surface area contributed by atoms with Gasteiger partial charge in [-0.25, -0.2) is 13.5 Å². The minimum Gasteiger partial charge on any atom is -0.395 e. The van der Waals surface area contributed by atoms with Gasteiger partial charge in [0, 0.05) is 0 Å². The van der Waals surface area contributed by atoms with Gasteiger partial charge in [0.1, 0.15) is 0 Å². The average molecular weight is 153 g/mol. The first kappa shape index (κ1) is 8.87. The molecule has 0 spiro atoms. The van der Waals surface area contributed by atoms with E-state index in [1.165, 1.54) is 0 Å². The highest BCUT2D eigenvalue weighted by atomic mass is 32.2. The van der Waals surface area contributed by atoms with Crippen LogP contribution in [0.15, 0.2) is 0 Å². The Morgan fingerprint density at radius 2 is 1.78 bits per heavy atom. The number of hydrogen-bond donors (Lipinski definition) is 1. The van der Waals surface area contributed by atoms with Crippen LogP contribution in [0, 0.1) is 0 Å². The van der Waals surface area contributed by atoms with Gasteiger partial charge >= 0.3 is 0 Å². The van der Waals surface area contributed by atoms with Gasteiger partial charge in [-0.15, -0.1) is 0 Å². The van der Waals surface area contributed by atoms with Crippen molar-refractivity contribution in [3.05, 3.63) is 0 Å². The highest BCUT2D eigenvalue weighted by molar-refractivity contribution is 7.91. The maximum absolute atomic E-state index is 10.5. The summed E-state index contributed by atoms with van der Waals surface area (Å²) in [5, 5.41) is 17.9. The Kier molecular flexibility index (Phi) is 3.76. The fraction of sp³-hybridized carbons (Fsp3) is 1.00. The smallest absolute Gasteiger partial charge is 0.154 e. The van der Waals surface area contributed by atoms with Crippen LogP contribution in [0.1, 0.15) is 0 Å². The molecule has 9 heavy (non-hydrogen) atoms. The molecule has 1 N–H and O–H groups in total. The van der Waals surface area contributed by atoms with E-state index in [1.807, 2.05) is 0 Å². The fourth-order valence-electron chi connectivity index (χ4n) is 0.368. The van der Waals surface area contributed by atoms with Gasteiger partial charge in [-0.1, -0.05) is 0 Å². The molecule has 0 rings (SSSR count). The number of sulfone groups is 1. The fourth-order valence-corrected chi connectivity index (χ4v) is 1.10. The SMILES string of the molecule is [O]CCS(=O)(=O)CCO. The maximum atomic E-state index is 10.5. The predicted octanol–water partition coefficient (Wildman–Crippen LogP) is -1.18. The van der Waals surface area contributed by atoms with Crippen molar-refractivity contribution in [2.45, 2.75) is 0 Å². The summed E-state index contributed by atoms with van der Waals surface area (Å²) in [6, 6.07) is 0. The number of rotatable bonds is 4. The molecule has 0 aliphatic rings. The van der Waals surface area contributed by atoms with Gasteiger partial charge in [-0.05, 0) is 0 Å². The second kappa shape index (κ2) is 3.81. The second-order valence-electron chi connectivity index (χ2n) is 1.58. The summed E-state index contributed by atoms with van der Waals surface area (Å²) < 4.78 is 20.9. The molecular formula is C4H9O4S. The first-order chi connectivity index (χ1) is 4.12. The molecule has 0 aliphatic heterocycles. The summed E-state index contributed by atoms with van der Waals surface area (Å²) in [5.74, 6) is -0.664. The monoisotopic (exact) mass is 153 g/mol. The molecule has 0 fully saturated rings. The van der Waals surface area contributed by atoms with Crippen LogP contribution in [0.3, 0.4) is 0 Å². The van der Waals surface area contributed by atoms with E-state index in [9.17, 15) is 13.5 Å². The van der Waals surface area contributed by atoms with Crippen molar-refractivity contribution in [1.82, 2.24) is 0 Å². The molecule has 0 aromatic rings. The van der Waals surface area contributed by atoms with E-state index in [0.29, 0.717) is 0 Å². The minimum atomic E-state index is -3.24. The molecule has 0 saturated heterocycles. The normalized spacial score (nSPS) is 11.8. The number of hydrogen-bond acceptors (Lipinski definition) is 3. The lowest BCUT2D eigenvalue weighted by Crippen LogP contribution is -2.15. The second-order valence-corrected chi connectivity index (χ2v) is 3.88. The van der Waals surface area contributed by atoms with Gasteiger partial charge in [0.25, 0.3) is 0 Å². The first-order valence-corrected chi connectivity index (χ1v) is 4.34. The van der Waals surface area contributed by atoms with E-state index in [2.05, 4.69) is 0 Å². The molecule has 0 atom stereocenters. The standard InChI is InChI=1S/C4H9O4S/c5-1-3-9(7,8)4-2-6/h5H,1-4H2. The molecule has 4 nitrogen and oxygen atoms in total. The van der Waals surface area contributed by atoms with E-state index in [4.69, 9.17) is 5.11 Å². The average Bonchev–Trinajstić information content (AvgIpc) is 1.64. The van der Waals surface area contributed by atoms with Gasteiger partial charge in [0.2, 0.25) is 0 Å². The third-order valence-corrected chi connectivity index (χ3v) is 2.39. The third kappa shape index (κ3) is 4.38. The zero-order valence-corrected chi connectivity index (χ0v) is 5.73. The van der Waals surface area contributed by atoms with Crippen molar-refractivity contribution >= 4 is 9.84 Å². The minimum absolute atomic E-state index is 0.296. The van der Waals surface area contributed by atoms with Crippen molar-refractivity contribution in [1.29, 1.82) is 0 Å². The van der Waals surface area contributed by atoms with Crippen molar-refractivity contribution in [2.24, 2.45) is 0 Å². The van der Waals surface area contributed by atoms with Crippen molar-refractivity contribution in [2.75, 3.05) is 24.7 Å². The van der Waals surface area contributed by atoms with Crippen LogP contribution in [0.25, 0.3) is 0 Å². The summed E-state index contributed by atoms with van der Waals surface area (Å²) in [6.45, 7) is -1.02. The molecular weight excluding hydrogens is 144 g/mol. The summed E-state index contributed by atoms with van der Waals surface area (Å²) >= 11 is 0. The largest absolute Gasteiger partial charge is 0.395 e. The summed E-state index contributed by atoms with van der Waals surface area (Å²) in [4.78, 5) is 0. The van der Waals surface area contributed by atoms with Gasteiger partial charge in [-0.2, -0.15) is 0 Å². The first-order valence-electron chi connectivity index (χ1n) is 2.52. The van der Waals surface area contributed by atoms with Crippen molar-refractivity contribution < 1.29 is 18.6 Å². The molecule has 0 saturated carbocycles. The Morgan fingerprint density at radius 3 is 2.11 bits per heavy atom. The van der Waals surface area contributed by atoms with Crippen LogP contribution < -0.4 is 0 Å². The molecule has 0 amide bonds. The molecule has 0 unspecified atom stereocenters. The Balaban J connectivity index is 3.73. The van der Waals surface area contributed by atoms with Gasteiger partial charge < -0.3 is 5.11 Å². The Labute approximate surface area is 54.0 Å². The van der Waals surface area contributed by atoms with Gasteiger partial charge in [0.15, 0.2) is 9.84 Å². The Hall–Kier alpha value is -0.130. The van der Waals surface area contributed by atoms with E-state index < -0.39 is 23.1 Å². The molecule has 0 aromatic heterocycles. The van der Waals surface area contributed by atoms with Crippen LogP contribution in [0.2, 0.25) is 0 Å². The molecule has 1 radical (unpaired) electrons. The molecule has 55 valence electrons. The lowest BCUT2D eigenvalue weighted by molar-refractivity contribution is 0.213. The van der Waals surface area contributed by atoms with Crippen molar-refractivity contribution in [3.63, 3.8) is 0 Å². The van der Waals surface area contributed by atoms with Crippen LogP contribution in [-0.4, -0.2) is 38.2 Å². The number of aliphatic hydroxyl groups excluding tert-OH is 1. The maximum Gasteiger partial charge on any atom is 0.154 e. The molecule has 0 heterocycles. The highest BCUT2D eigenvalue weighted by Gasteiger charge is 2.07. The summed E-state index contributed by atoms with van der Waals surface area (Å²) in [6.07, 6.45) is 0. The highest BCUT2D eigenvalue weighted by Crippen LogP contribution is 1.86. The Bertz CT molecular complexity index is 136. The van der Waals surface area contributed by atoms with E-state index >= 15 is 0 Å². The molecule has 5 heteroatoms. The summed E-state index contributed by atoms with van der Waals surface area (Å²) in [7, 11) is -3.24. The van der Waals surface area contributed by atoms with Gasteiger partial charge in [-0.3, -0.25) is 0 Å². The zero-order chi connectivity index (χ0) is 7.33.